The first kappa shape index (κ1) is 17.4. The minimum absolute atomic E-state index is 0.199. The third-order valence-corrected chi connectivity index (χ3v) is 2.73. The number of halogens is 5. The van der Waals surface area contributed by atoms with Crippen LogP contribution in [0.25, 0.3) is 0 Å². The lowest BCUT2D eigenvalue weighted by Crippen LogP contribution is -2.18. The molecule has 0 amide bonds. The third kappa shape index (κ3) is 3.90. The lowest BCUT2D eigenvalue weighted by molar-refractivity contribution is 0.0410. The number of esters is 1. The molecule has 0 saturated heterocycles. The van der Waals surface area contributed by atoms with Crippen molar-refractivity contribution < 1.29 is 36.2 Å². The smallest absolute Gasteiger partial charge is 0.344 e. The van der Waals surface area contributed by atoms with E-state index in [1.807, 2.05) is 0 Å². The number of hydrogen-bond donors (Lipinski definition) is 0. The molecule has 1 unspecified atom stereocenters. The Labute approximate surface area is 117 Å². The Morgan fingerprint density at radius 1 is 1.00 bits per heavy atom. The summed E-state index contributed by atoms with van der Waals surface area (Å²) in [5.41, 5.74) is -1.59. The summed E-state index contributed by atoms with van der Waals surface area (Å²) in [6, 6.07) is 0. The Kier molecular flexibility index (Phi) is 6.07. The normalized spacial score (nSPS) is 12.3. The highest BCUT2D eigenvalue weighted by Crippen LogP contribution is 2.23. The van der Waals surface area contributed by atoms with Gasteiger partial charge in [0.2, 0.25) is 5.82 Å². The van der Waals surface area contributed by atoms with Gasteiger partial charge in [-0.05, 0) is 12.3 Å². The first-order valence-electron chi connectivity index (χ1n) is 5.98. The van der Waals surface area contributed by atoms with E-state index in [1.54, 1.807) is 6.92 Å². The summed E-state index contributed by atoms with van der Waals surface area (Å²) in [5.74, 6) is -12.9. The predicted molar refractivity (Wildman–Crippen MR) is 62.2 cm³/mol. The van der Waals surface area contributed by atoms with Crippen LogP contribution in [0.5, 0.6) is 0 Å². The van der Waals surface area contributed by atoms with Crippen LogP contribution in [-0.4, -0.2) is 26.3 Å². The maximum absolute atomic E-state index is 13.3. The maximum Gasteiger partial charge on any atom is 0.344 e. The highest BCUT2D eigenvalue weighted by molar-refractivity contribution is 5.90. The van der Waals surface area contributed by atoms with Crippen LogP contribution in [0.2, 0.25) is 0 Å². The second-order valence-corrected chi connectivity index (χ2v) is 4.43. The summed E-state index contributed by atoms with van der Waals surface area (Å²) >= 11 is 0. The van der Waals surface area contributed by atoms with Gasteiger partial charge in [0.1, 0.15) is 5.56 Å². The minimum atomic E-state index is -2.32. The molecule has 1 aromatic carbocycles. The second-order valence-electron chi connectivity index (χ2n) is 4.43. The molecule has 21 heavy (non-hydrogen) atoms. The fourth-order valence-electron chi connectivity index (χ4n) is 1.48. The summed E-state index contributed by atoms with van der Waals surface area (Å²) in [6.45, 7) is 1.81. The minimum Gasteiger partial charge on any atom is -0.462 e. The van der Waals surface area contributed by atoms with Crippen molar-refractivity contribution in [1.29, 1.82) is 0 Å². The Balaban J connectivity index is 2.89. The monoisotopic (exact) mass is 312 g/mol. The Morgan fingerprint density at radius 2 is 1.48 bits per heavy atom. The van der Waals surface area contributed by atoms with Crippen LogP contribution in [0.15, 0.2) is 0 Å². The second kappa shape index (κ2) is 7.35. The van der Waals surface area contributed by atoms with E-state index in [1.165, 1.54) is 7.11 Å². The standard InChI is InChI=1S/C13H13F5O3/c1-6(3-4-20-2)5-21-13(19)7-8(14)10(16)12(18)11(17)9(7)15/h6H,3-5H2,1-2H3. The van der Waals surface area contributed by atoms with Gasteiger partial charge in [-0.15, -0.1) is 0 Å². The number of hydrogen-bond acceptors (Lipinski definition) is 3. The summed E-state index contributed by atoms with van der Waals surface area (Å²) in [5, 5.41) is 0. The number of carbonyl (C=O) groups is 1. The highest BCUT2D eigenvalue weighted by Gasteiger charge is 2.30. The Morgan fingerprint density at radius 3 is 1.95 bits per heavy atom. The zero-order chi connectivity index (χ0) is 16.2. The molecule has 0 heterocycles. The van der Waals surface area contributed by atoms with Crippen molar-refractivity contribution in [2.45, 2.75) is 13.3 Å². The van der Waals surface area contributed by atoms with Crippen LogP contribution < -0.4 is 0 Å². The van der Waals surface area contributed by atoms with Crippen LogP contribution in [0.1, 0.15) is 23.7 Å². The van der Waals surface area contributed by atoms with E-state index in [0.29, 0.717) is 13.0 Å². The van der Waals surface area contributed by atoms with E-state index >= 15 is 0 Å². The van der Waals surface area contributed by atoms with Crippen LogP contribution >= 0.6 is 0 Å². The molecule has 0 radical (unpaired) electrons. The lowest BCUT2D eigenvalue weighted by Gasteiger charge is -2.12. The molecule has 1 atom stereocenters. The maximum atomic E-state index is 13.3. The largest absolute Gasteiger partial charge is 0.462 e. The average Bonchev–Trinajstić information content (AvgIpc) is 2.47. The molecule has 0 aliphatic carbocycles. The fourth-order valence-corrected chi connectivity index (χ4v) is 1.48. The highest BCUT2D eigenvalue weighted by atomic mass is 19.2. The van der Waals surface area contributed by atoms with Gasteiger partial charge in [0.25, 0.3) is 0 Å². The molecule has 0 aliphatic rings. The quantitative estimate of drug-likeness (QED) is 0.350. The molecule has 0 saturated carbocycles. The molecule has 0 bridgehead atoms. The van der Waals surface area contributed by atoms with Crippen LogP contribution in [-0.2, 0) is 9.47 Å². The van der Waals surface area contributed by atoms with Crippen molar-refractivity contribution in [2.24, 2.45) is 5.92 Å². The fraction of sp³-hybridized carbons (Fsp3) is 0.462. The van der Waals surface area contributed by atoms with Gasteiger partial charge in [-0.2, -0.15) is 0 Å². The van der Waals surface area contributed by atoms with Gasteiger partial charge in [-0.1, -0.05) is 6.92 Å². The molecular formula is C13H13F5O3. The van der Waals surface area contributed by atoms with Crippen LogP contribution in [0, 0.1) is 35.0 Å². The Hall–Kier alpha value is -1.70. The van der Waals surface area contributed by atoms with Gasteiger partial charge in [0.15, 0.2) is 23.3 Å². The van der Waals surface area contributed by atoms with E-state index in [4.69, 9.17) is 4.74 Å². The van der Waals surface area contributed by atoms with Gasteiger partial charge in [-0.25, -0.2) is 26.7 Å². The summed E-state index contributed by atoms with van der Waals surface area (Å²) in [7, 11) is 1.47. The van der Waals surface area contributed by atoms with E-state index in [2.05, 4.69) is 4.74 Å². The van der Waals surface area contributed by atoms with Crippen molar-refractivity contribution >= 4 is 5.97 Å². The topological polar surface area (TPSA) is 35.5 Å². The summed E-state index contributed by atoms with van der Waals surface area (Å²) in [6.07, 6.45) is 0.501. The van der Waals surface area contributed by atoms with E-state index in [-0.39, 0.29) is 12.5 Å². The molecule has 8 heteroatoms. The number of ether oxygens (including phenoxy) is 2. The predicted octanol–water partition coefficient (Wildman–Crippen LogP) is 3.21. The molecule has 0 aliphatic heterocycles. The van der Waals surface area contributed by atoms with Crippen molar-refractivity contribution in [2.75, 3.05) is 20.3 Å². The van der Waals surface area contributed by atoms with Crippen molar-refractivity contribution in [1.82, 2.24) is 0 Å². The Bertz CT molecular complexity index is 504. The van der Waals surface area contributed by atoms with Crippen molar-refractivity contribution in [3.63, 3.8) is 0 Å². The molecule has 0 N–H and O–H groups in total. The number of methoxy groups -OCH3 is 1. The first-order chi connectivity index (χ1) is 9.81. The van der Waals surface area contributed by atoms with Crippen molar-refractivity contribution in [3.05, 3.63) is 34.6 Å². The number of benzene rings is 1. The van der Waals surface area contributed by atoms with E-state index in [9.17, 15) is 26.7 Å². The summed E-state index contributed by atoms with van der Waals surface area (Å²) in [4.78, 5) is 11.5. The molecule has 0 spiro atoms. The zero-order valence-corrected chi connectivity index (χ0v) is 11.3. The molecular weight excluding hydrogens is 299 g/mol. The van der Waals surface area contributed by atoms with E-state index in [0.717, 1.165) is 0 Å². The third-order valence-electron chi connectivity index (χ3n) is 2.73. The molecule has 0 fully saturated rings. The number of carbonyl (C=O) groups excluding carboxylic acids is 1. The van der Waals surface area contributed by atoms with Crippen LogP contribution in [0.4, 0.5) is 22.0 Å². The van der Waals surface area contributed by atoms with Crippen LogP contribution in [0.3, 0.4) is 0 Å². The first-order valence-corrected chi connectivity index (χ1v) is 5.98. The van der Waals surface area contributed by atoms with Gasteiger partial charge >= 0.3 is 5.97 Å². The zero-order valence-electron chi connectivity index (χ0n) is 11.3. The van der Waals surface area contributed by atoms with Gasteiger partial charge in [-0.3, -0.25) is 0 Å². The average molecular weight is 312 g/mol. The number of rotatable bonds is 6. The SMILES string of the molecule is COCCC(C)COC(=O)c1c(F)c(F)c(F)c(F)c1F. The van der Waals surface area contributed by atoms with Gasteiger partial charge < -0.3 is 9.47 Å². The molecule has 1 rings (SSSR count). The van der Waals surface area contributed by atoms with Gasteiger partial charge in [0.05, 0.1) is 6.61 Å². The summed E-state index contributed by atoms with van der Waals surface area (Å²) < 4.78 is 74.7. The molecule has 0 aromatic heterocycles. The van der Waals surface area contributed by atoms with Crippen molar-refractivity contribution in [3.8, 4) is 0 Å². The molecule has 1 aromatic rings. The lowest BCUT2D eigenvalue weighted by atomic mass is 10.1. The van der Waals surface area contributed by atoms with E-state index < -0.39 is 40.6 Å². The molecule has 3 nitrogen and oxygen atoms in total. The molecule has 118 valence electrons. The van der Waals surface area contributed by atoms with Gasteiger partial charge in [0, 0.05) is 13.7 Å².